The zero-order valence-corrected chi connectivity index (χ0v) is 26.5. The van der Waals surface area contributed by atoms with Crippen molar-refractivity contribution >= 4 is 62.5 Å². The molecule has 8 heteroatoms. The van der Waals surface area contributed by atoms with Crippen molar-refractivity contribution in [2.75, 3.05) is 5.32 Å². The number of nitrogens with one attached hydrogen (secondary N) is 1. The molecule has 3 amide bonds. The smallest absolute Gasteiger partial charge is 0.248 e. The zero-order valence-electron chi connectivity index (χ0n) is 23.4. The van der Waals surface area contributed by atoms with Crippen LogP contribution >= 0.6 is 39.1 Å². The molecule has 43 heavy (non-hydrogen) atoms. The molecule has 1 aliphatic heterocycles. The van der Waals surface area contributed by atoms with E-state index in [-0.39, 0.29) is 6.42 Å². The molecule has 5 nitrogen and oxygen atoms in total. The van der Waals surface area contributed by atoms with Gasteiger partial charge >= 0.3 is 0 Å². The lowest BCUT2D eigenvalue weighted by Crippen LogP contribution is -2.57. The highest BCUT2D eigenvalue weighted by atomic mass is 79.9. The minimum atomic E-state index is -1.32. The molecule has 1 heterocycles. The largest absolute Gasteiger partial charge is 0.324 e. The number of likely N-dealkylation sites (tertiary alicyclic amines) is 1. The first-order valence-electron chi connectivity index (χ1n) is 14.1. The maximum absolute atomic E-state index is 14.6. The lowest BCUT2D eigenvalue weighted by atomic mass is 9.54. The number of halogens is 3. The lowest BCUT2D eigenvalue weighted by molar-refractivity contribution is -0.146. The maximum Gasteiger partial charge on any atom is 0.248 e. The highest BCUT2D eigenvalue weighted by Gasteiger charge is 2.73. The van der Waals surface area contributed by atoms with Gasteiger partial charge in [0.05, 0.1) is 11.8 Å². The summed E-state index contributed by atoms with van der Waals surface area (Å²) in [4.78, 5) is 42.0. The molecule has 0 radical (unpaired) electrons. The van der Waals surface area contributed by atoms with Crippen LogP contribution in [0.2, 0.25) is 0 Å². The zero-order chi connectivity index (χ0) is 30.3. The molecule has 4 aromatic carbocycles. The molecule has 0 aromatic heterocycles. The molecule has 216 valence electrons. The van der Waals surface area contributed by atoms with Crippen LogP contribution in [0.1, 0.15) is 38.9 Å². The number of anilines is 1. The summed E-state index contributed by atoms with van der Waals surface area (Å²) in [7, 11) is 0. The molecule has 0 unspecified atom stereocenters. The van der Waals surface area contributed by atoms with Gasteiger partial charge in [0.2, 0.25) is 17.7 Å². The van der Waals surface area contributed by atoms with Crippen molar-refractivity contribution in [2.45, 2.75) is 36.1 Å². The Balaban J connectivity index is 1.36. The molecule has 2 bridgehead atoms. The number of imide groups is 1. The average Bonchev–Trinajstić information content (AvgIpc) is 3.30. The van der Waals surface area contributed by atoms with E-state index in [1.165, 1.54) is 0 Å². The van der Waals surface area contributed by atoms with Crippen molar-refractivity contribution in [2.24, 2.45) is 11.8 Å². The Bertz CT molecular complexity index is 1720. The molecule has 0 saturated carbocycles. The molecule has 1 saturated heterocycles. The predicted molar refractivity (Wildman–Crippen MR) is 171 cm³/mol. The van der Waals surface area contributed by atoms with E-state index in [0.717, 1.165) is 48.3 Å². The van der Waals surface area contributed by atoms with Gasteiger partial charge in [-0.3, -0.25) is 19.3 Å². The number of nitrogens with zero attached hydrogens (tertiary/aromatic N) is 1. The van der Waals surface area contributed by atoms with Crippen LogP contribution in [0.25, 0.3) is 0 Å². The van der Waals surface area contributed by atoms with Crippen molar-refractivity contribution in [3.63, 3.8) is 0 Å². The molecule has 0 spiro atoms. The van der Waals surface area contributed by atoms with Crippen LogP contribution in [0.3, 0.4) is 0 Å². The van der Waals surface area contributed by atoms with Crippen molar-refractivity contribution < 1.29 is 14.4 Å². The Kier molecular flexibility index (Phi) is 6.62. The number of benzene rings is 4. The Morgan fingerprint density at radius 2 is 1.23 bits per heavy atom. The van der Waals surface area contributed by atoms with Crippen LogP contribution in [0.5, 0.6) is 0 Å². The lowest BCUT2D eigenvalue weighted by Gasteiger charge is -2.54. The summed E-state index contributed by atoms with van der Waals surface area (Å²) in [6.45, 7) is 3.88. The Hall–Kier alpha value is -3.45. The highest BCUT2D eigenvalue weighted by Crippen LogP contribution is 2.69. The van der Waals surface area contributed by atoms with Crippen molar-refractivity contribution in [1.82, 2.24) is 4.90 Å². The summed E-state index contributed by atoms with van der Waals surface area (Å²) in [5, 5.41) is 3.02. The number of hydrogen-bond donors (Lipinski definition) is 1. The van der Waals surface area contributed by atoms with Gasteiger partial charge in [-0.2, -0.15) is 0 Å². The molecule has 4 aromatic rings. The van der Waals surface area contributed by atoms with Crippen LogP contribution in [0, 0.1) is 25.7 Å². The molecular weight excluding hydrogens is 647 g/mol. The Morgan fingerprint density at radius 3 is 1.72 bits per heavy atom. The fourth-order valence-electron chi connectivity index (χ4n) is 7.27. The summed E-state index contributed by atoms with van der Waals surface area (Å²) in [6, 6.07) is 27.0. The van der Waals surface area contributed by atoms with Gasteiger partial charge < -0.3 is 5.32 Å². The molecule has 8 rings (SSSR count). The third-order valence-electron chi connectivity index (χ3n) is 9.48. The Morgan fingerprint density at radius 1 is 0.767 bits per heavy atom. The van der Waals surface area contributed by atoms with Crippen LogP contribution in [0.4, 0.5) is 5.69 Å². The number of carbonyl (C=O) groups excluding carboxylic acids is 3. The number of rotatable bonds is 5. The topological polar surface area (TPSA) is 66.5 Å². The van der Waals surface area contributed by atoms with Gasteiger partial charge in [-0.25, -0.2) is 0 Å². The highest BCUT2D eigenvalue weighted by molar-refractivity contribution is 9.10. The van der Waals surface area contributed by atoms with E-state index in [0.29, 0.717) is 5.69 Å². The van der Waals surface area contributed by atoms with E-state index in [1.54, 1.807) is 0 Å². The molecule has 1 fully saturated rings. The number of carbonyl (C=O) groups is 3. The first kappa shape index (κ1) is 28.3. The summed E-state index contributed by atoms with van der Waals surface area (Å²) < 4.78 is 0.923. The van der Waals surface area contributed by atoms with Crippen LogP contribution in [-0.2, 0) is 30.6 Å². The second-order valence-corrected chi connectivity index (χ2v) is 13.6. The third kappa shape index (κ3) is 3.86. The Labute approximate surface area is 268 Å². The summed E-state index contributed by atoms with van der Waals surface area (Å²) in [5.41, 5.74) is 6.19. The van der Waals surface area contributed by atoms with E-state index in [4.69, 9.17) is 23.2 Å². The second-order valence-electron chi connectivity index (χ2n) is 11.6. The molecule has 4 aliphatic rings. The van der Waals surface area contributed by atoms with Crippen molar-refractivity contribution in [3.05, 3.63) is 134 Å². The molecule has 1 N–H and O–H groups in total. The summed E-state index contributed by atoms with van der Waals surface area (Å²) >= 11 is 18.8. The van der Waals surface area contributed by atoms with Crippen LogP contribution in [0.15, 0.2) is 95.5 Å². The van der Waals surface area contributed by atoms with Gasteiger partial charge in [0.25, 0.3) is 0 Å². The van der Waals surface area contributed by atoms with Crippen LogP contribution < -0.4 is 5.32 Å². The third-order valence-corrected chi connectivity index (χ3v) is 11.6. The van der Waals surface area contributed by atoms with E-state index in [2.05, 4.69) is 21.2 Å². The van der Waals surface area contributed by atoms with E-state index in [9.17, 15) is 14.4 Å². The minimum Gasteiger partial charge on any atom is -0.324 e. The SMILES string of the molecule is Cc1c(Br)ccc(NC(=O)[C@@H](Cc2ccccc2)N2C(=O)[C@@H]3[C@H](C2=O)C2(Cl)c4ccccc4C3(Cl)c3ccccc32)c1C. The minimum absolute atomic E-state index is 0.141. The van der Waals surface area contributed by atoms with E-state index in [1.807, 2.05) is 105 Å². The number of amides is 3. The molecule has 3 atom stereocenters. The van der Waals surface area contributed by atoms with E-state index >= 15 is 0 Å². The molecule has 3 aliphatic carbocycles. The van der Waals surface area contributed by atoms with Crippen LogP contribution in [-0.4, -0.2) is 28.7 Å². The average molecular weight is 674 g/mol. The fraction of sp³-hybridized carbons (Fsp3) is 0.229. The first-order chi connectivity index (χ1) is 20.6. The maximum atomic E-state index is 14.6. The first-order valence-corrected chi connectivity index (χ1v) is 15.7. The monoisotopic (exact) mass is 672 g/mol. The van der Waals surface area contributed by atoms with E-state index < -0.39 is 45.3 Å². The fourth-order valence-corrected chi connectivity index (χ4v) is 8.80. The summed E-state index contributed by atoms with van der Waals surface area (Å²) in [5.74, 6) is -3.39. The van der Waals surface area contributed by atoms with Gasteiger partial charge in [-0.05, 0) is 64.9 Å². The van der Waals surface area contributed by atoms with Gasteiger partial charge in [0, 0.05) is 16.6 Å². The quantitative estimate of drug-likeness (QED) is 0.180. The number of hydrogen-bond acceptors (Lipinski definition) is 3. The van der Waals surface area contributed by atoms with Crippen molar-refractivity contribution in [3.8, 4) is 0 Å². The van der Waals surface area contributed by atoms with Gasteiger partial charge in [-0.15, -0.1) is 23.2 Å². The van der Waals surface area contributed by atoms with Gasteiger partial charge in [-0.1, -0.05) is 94.8 Å². The normalized spacial score (nSPS) is 25.7. The standard InChI is InChI=1S/C35H27BrCl2N2O3/c1-19-20(2)27(17-16-26(19)36)39-31(41)28(18-21-10-4-3-5-11-21)40-32(42)29-30(33(40)43)35(38)23-13-7-6-12-22(23)34(29,37)24-14-8-9-15-25(24)35/h3-17,28-30H,18H2,1-2H3,(H,39,41)/t28-,29-,30+,34?,35?/m1/s1. The van der Waals surface area contributed by atoms with Gasteiger partial charge in [0.1, 0.15) is 15.8 Å². The predicted octanol–water partition coefficient (Wildman–Crippen LogP) is 7.21. The van der Waals surface area contributed by atoms with Gasteiger partial charge in [0.15, 0.2) is 0 Å². The summed E-state index contributed by atoms with van der Waals surface area (Å²) in [6.07, 6.45) is 0.141. The number of alkyl halides is 2. The van der Waals surface area contributed by atoms with Crippen molar-refractivity contribution in [1.29, 1.82) is 0 Å². The molecular formula is C35H27BrCl2N2O3. The second kappa shape index (κ2) is 10.0.